The number of nitrogens with two attached hydrogens (primary N) is 1. The number of alkyl halides is 1. The quantitative estimate of drug-likeness (QED) is 0.305. The molecule has 1 saturated heterocycles. The highest BCUT2D eigenvalue weighted by Gasteiger charge is 2.25. The Morgan fingerprint density at radius 1 is 0.976 bits per heavy atom. The number of allylic oxidation sites excluding steroid dienone is 2. The first-order valence-electron chi connectivity index (χ1n) is 15.0. The van der Waals surface area contributed by atoms with Crippen LogP contribution >= 0.6 is 0 Å². The molecule has 1 atom stereocenters. The summed E-state index contributed by atoms with van der Waals surface area (Å²) in [7, 11) is 0. The molecule has 0 radical (unpaired) electrons. The maximum absolute atomic E-state index is 12.6. The van der Waals surface area contributed by atoms with E-state index in [1.165, 1.54) is 44.5 Å². The van der Waals surface area contributed by atoms with Gasteiger partial charge in [0.2, 0.25) is 0 Å². The molecular weight excluding hydrogens is 521 g/mol. The Labute approximate surface area is 250 Å². The van der Waals surface area contributed by atoms with Crippen LogP contribution in [0, 0.1) is 13.8 Å². The van der Waals surface area contributed by atoms with Gasteiger partial charge in [0.05, 0.1) is 18.9 Å². The van der Waals surface area contributed by atoms with Crippen LogP contribution in [-0.2, 0) is 6.42 Å². The van der Waals surface area contributed by atoms with Crippen molar-refractivity contribution in [3.8, 4) is 5.75 Å². The van der Waals surface area contributed by atoms with Crippen LogP contribution in [0.1, 0.15) is 72.1 Å². The average molecular weight is 566 g/mol. The Kier molecular flexibility index (Phi) is 9.27. The zero-order valence-corrected chi connectivity index (χ0v) is 24.3. The van der Waals surface area contributed by atoms with Gasteiger partial charge in [-0.3, -0.25) is 14.3 Å². The molecule has 5 heteroatoms. The van der Waals surface area contributed by atoms with Crippen molar-refractivity contribution in [2.24, 2.45) is 10.7 Å². The van der Waals surface area contributed by atoms with Crippen LogP contribution in [0.4, 0.5) is 4.39 Å². The minimum atomic E-state index is -0.256. The fourth-order valence-electron chi connectivity index (χ4n) is 6.59. The van der Waals surface area contributed by atoms with Crippen LogP contribution in [0.15, 0.2) is 77.4 Å². The lowest BCUT2D eigenvalue weighted by Crippen LogP contribution is -2.26. The largest absolute Gasteiger partial charge is 0.489 e. The number of hydrogen-bond acceptors (Lipinski definition) is 4. The van der Waals surface area contributed by atoms with E-state index in [9.17, 15) is 4.39 Å². The number of ether oxygens (including phenoxy) is 1. The summed E-state index contributed by atoms with van der Waals surface area (Å²) in [5.41, 5.74) is 19.5. The van der Waals surface area contributed by atoms with Crippen LogP contribution in [0.5, 0.6) is 5.75 Å². The average Bonchev–Trinajstić information content (AvgIpc) is 3.56. The van der Waals surface area contributed by atoms with Crippen molar-refractivity contribution in [3.05, 3.63) is 111 Å². The molecule has 6 rings (SSSR count). The third kappa shape index (κ3) is 6.37. The molecule has 0 bridgehead atoms. The third-order valence-corrected chi connectivity index (χ3v) is 8.59. The van der Waals surface area contributed by atoms with E-state index in [2.05, 4.69) is 84.4 Å². The van der Waals surface area contributed by atoms with E-state index >= 15 is 0 Å². The highest BCUT2D eigenvalue weighted by Crippen LogP contribution is 2.41. The summed E-state index contributed by atoms with van der Waals surface area (Å²) in [5, 5.41) is 0. The molecule has 3 aromatic carbocycles. The molecule has 42 heavy (non-hydrogen) atoms. The molecule has 0 spiro atoms. The molecule has 2 N–H and O–H groups in total. The van der Waals surface area contributed by atoms with Gasteiger partial charge in [-0.15, -0.1) is 0 Å². The SMILES string of the molecule is C.Cc1ccc(C2=C(c3ccc(OC4CCN(CCCF)C4)cc3)c3ccc(C4=NCC(N)=C4)cc3CCC2)c(C)c1. The Morgan fingerprint density at radius 2 is 1.76 bits per heavy atom. The Hall–Kier alpha value is -3.70. The lowest BCUT2D eigenvalue weighted by Gasteiger charge is -2.20. The molecule has 0 amide bonds. The van der Waals surface area contributed by atoms with Crippen LogP contribution < -0.4 is 10.5 Å². The normalized spacial score (nSPS) is 18.7. The molecule has 2 aliphatic heterocycles. The predicted molar refractivity (Wildman–Crippen MR) is 174 cm³/mol. The fraction of sp³-hybridized carbons (Fsp3) is 0.378. The van der Waals surface area contributed by atoms with Gasteiger partial charge in [0.1, 0.15) is 11.9 Å². The maximum atomic E-state index is 12.6. The molecule has 1 fully saturated rings. The molecule has 220 valence electrons. The van der Waals surface area contributed by atoms with E-state index in [1.807, 2.05) is 6.08 Å². The van der Waals surface area contributed by atoms with Crippen molar-refractivity contribution in [3.63, 3.8) is 0 Å². The van der Waals surface area contributed by atoms with E-state index in [1.54, 1.807) is 0 Å². The van der Waals surface area contributed by atoms with Gasteiger partial charge in [0.25, 0.3) is 0 Å². The predicted octanol–water partition coefficient (Wildman–Crippen LogP) is 7.69. The summed E-state index contributed by atoms with van der Waals surface area (Å²) in [6, 6.07) is 22.3. The Balaban J connectivity index is 0.00000353. The summed E-state index contributed by atoms with van der Waals surface area (Å²) < 4.78 is 19.0. The lowest BCUT2D eigenvalue weighted by molar-refractivity contribution is 0.198. The molecule has 0 aromatic heterocycles. The summed E-state index contributed by atoms with van der Waals surface area (Å²) in [4.78, 5) is 6.95. The van der Waals surface area contributed by atoms with E-state index < -0.39 is 0 Å². The van der Waals surface area contributed by atoms with E-state index in [4.69, 9.17) is 10.5 Å². The van der Waals surface area contributed by atoms with Crippen LogP contribution in [-0.4, -0.2) is 49.6 Å². The third-order valence-electron chi connectivity index (χ3n) is 8.59. The molecule has 0 saturated carbocycles. The van der Waals surface area contributed by atoms with E-state index in [0.717, 1.165) is 68.0 Å². The first kappa shape index (κ1) is 29.8. The summed E-state index contributed by atoms with van der Waals surface area (Å²) in [6.07, 6.45) is 6.87. The number of halogens is 1. The topological polar surface area (TPSA) is 50.8 Å². The minimum absolute atomic E-state index is 0. The number of aryl methyl sites for hydroxylation is 3. The van der Waals surface area contributed by atoms with Gasteiger partial charge >= 0.3 is 0 Å². The lowest BCUT2D eigenvalue weighted by atomic mass is 9.85. The van der Waals surface area contributed by atoms with Crippen LogP contribution in [0.25, 0.3) is 11.1 Å². The van der Waals surface area contributed by atoms with Gasteiger partial charge in [0.15, 0.2) is 0 Å². The first-order valence-corrected chi connectivity index (χ1v) is 15.0. The standard InChI is InChI=1S/C36H40FN3O.CH4/c1-24-7-13-32(25(2)19-24)34-6-3-5-27-20-28(35-21-29(38)22-39-35)10-14-33(27)36(34)26-8-11-30(12-9-26)41-31-15-18-40(23-31)17-4-16-37;/h7-14,19-21,31H,3-6,15-18,22-23,38H2,1-2H3;1H4. The van der Waals surface area contributed by atoms with Crippen molar-refractivity contribution in [2.75, 3.05) is 32.9 Å². The van der Waals surface area contributed by atoms with Gasteiger partial charge in [-0.25, -0.2) is 0 Å². The summed E-state index contributed by atoms with van der Waals surface area (Å²) >= 11 is 0. The number of nitrogens with zero attached hydrogens (tertiary/aromatic N) is 2. The van der Waals surface area contributed by atoms with Gasteiger partial charge in [-0.2, -0.15) is 0 Å². The number of likely N-dealkylation sites (tertiary alicyclic amines) is 1. The van der Waals surface area contributed by atoms with Crippen molar-refractivity contribution in [1.29, 1.82) is 0 Å². The molecule has 3 aromatic rings. The van der Waals surface area contributed by atoms with Gasteiger partial charge in [0, 0.05) is 30.9 Å². The molecular formula is C37H44FN3O. The van der Waals surface area contributed by atoms with Crippen molar-refractivity contribution < 1.29 is 9.13 Å². The number of rotatable bonds is 8. The number of benzene rings is 3. The second kappa shape index (κ2) is 13.1. The highest BCUT2D eigenvalue weighted by molar-refractivity contribution is 6.11. The monoisotopic (exact) mass is 565 g/mol. The Morgan fingerprint density at radius 3 is 2.50 bits per heavy atom. The number of hydrogen-bond donors (Lipinski definition) is 1. The Bertz CT molecular complexity index is 1520. The molecule has 1 aliphatic carbocycles. The molecule has 3 aliphatic rings. The summed E-state index contributed by atoms with van der Waals surface area (Å²) in [6.45, 7) is 7.36. The fourth-order valence-corrected chi connectivity index (χ4v) is 6.59. The van der Waals surface area contributed by atoms with Crippen LogP contribution in [0.3, 0.4) is 0 Å². The molecule has 2 heterocycles. The van der Waals surface area contributed by atoms with Gasteiger partial charge in [-0.05, 0) is 109 Å². The minimum Gasteiger partial charge on any atom is -0.489 e. The zero-order chi connectivity index (χ0) is 28.3. The number of aliphatic imine (C=N–C) groups is 1. The van der Waals surface area contributed by atoms with Crippen molar-refractivity contribution in [1.82, 2.24) is 4.90 Å². The number of fused-ring (bicyclic) bond motifs is 1. The summed E-state index contributed by atoms with van der Waals surface area (Å²) in [5.74, 6) is 0.896. The second-order valence-electron chi connectivity index (χ2n) is 11.7. The second-order valence-corrected chi connectivity index (χ2v) is 11.7. The molecule has 4 nitrogen and oxygen atoms in total. The van der Waals surface area contributed by atoms with Crippen LogP contribution in [0.2, 0.25) is 0 Å². The smallest absolute Gasteiger partial charge is 0.119 e. The first-order chi connectivity index (χ1) is 20.0. The van der Waals surface area contributed by atoms with Gasteiger partial charge in [-0.1, -0.05) is 55.5 Å². The maximum Gasteiger partial charge on any atom is 0.119 e. The van der Waals surface area contributed by atoms with Gasteiger partial charge < -0.3 is 10.5 Å². The van der Waals surface area contributed by atoms with E-state index in [0.29, 0.717) is 13.0 Å². The van der Waals surface area contributed by atoms with Crippen molar-refractivity contribution >= 4 is 16.9 Å². The van der Waals surface area contributed by atoms with Crippen molar-refractivity contribution in [2.45, 2.75) is 59.5 Å². The zero-order valence-electron chi connectivity index (χ0n) is 24.3. The molecule has 1 unspecified atom stereocenters. The van der Waals surface area contributed by atoms with E-state index in [-0.39, 0.29) is 20.2 Å². The highest BCUT2D eigenvalue weighted by atomic mass is 19.1.